The Labute approximate surface area is 124 Å². The van der Waals surface area contributed by atoms with Crippen molar-refractivity contribution in [3.05, 3.63) is 29.8 Å². The number of hydrogen-bond acceptors (Lipinski definition) is 4. The Kier molecular flexibility index (Phi) is 5.16. The molecule has 0 saturated heterocycles. The predicted octanol–water partition coefficient (Wildman–Crippen LogP) is 0.540. The first-order chi connectivity index (χ1) is 10.1. The third-order valence-corrected chi connectivity index (χ3v) is 3.61. The predicted molar refractivity (Wildman–Crippen MR) is 81.3 cm³/mol. The zero-order valence-electron chi connectivity index (χ0n) is 12.0. The molecule has 0 bridgehead atoms. The summed E-state index contributed by atoms with van der Waals surface area (Å²) in [7, 11) is 0. The number of benzene rings is 1. The monoisotopic (exact) mass is 290 g/mol. The second kappa shape index (κ2) is 7.08. The van der Waals surface area contributed by atoms with E-state index < -0.39 is 12.1 Å². The number of Topliss-reactive ketones (excluding diaryl/α,β-unsaturated/α-hetero) is 1. The van der Waals surface area contributed by atoms with Gasteiger partial charge in [-0.1, -0.05) is 18.2 Å². The number of ether oxygens (including phenoxy) is 1. The number of aryl methyl sites for hydroxylation is 1. The Morgan fingerprint density at radius 3 is 3.00 bits per heavy atom. The van der Waals surface area contributed by atoms with Crippen LogP contribution in [0, 0.1) is 5.41 Å². The molecule has 21 heavy (non-hydrogen) atoms. The van der Waals surface area contributed by atoms with Gasteiger partial charge in [-0.3, -0.25) is 10.2 Å². The van der Waals surface area contributed by atoms with Gasteiger partial charge in [-0.05, 0) is 37.3 Å². The SMILES string of the molecule is N=C(N)NCCC[C@H](N)C(=O)C1CCc2ccccc2O1. The average molecular weight is 290 g/mol. The Balaban J connectivity index is 1.82. The molecular formula is C15H22N4O2. The smallest absolute Gasteiger partial charge is 0.189 e. The van der Waals surface area contributed by atoms with E-state index in [1.807, 2.05) is 24.3 Å². The maximum Gasteiger partial charge on any atom is 0.189 e. The minimum Gasteiger partial charge on any atom is -0.482 e. The minimum atomic E-state index is -0.533. The number of rotatable bonds is 6. The number of carbonyl (C=O) groups is 1. The summed E-state index contributed by atoms with van der Waals surface area (Å²) in [5.41, 5.74) is 12.3. The van der Waals surface area contributed by atoms with E-state index in [4.69, 9.17) is 21.6 Å². The van der Waals surface area contributed by atoms with Gasteiger partial charge in [0.05, 0.1) is 6.04 Å². The molecule has 2 rings (SSSR count). The van der Waals surface area contributed by atoms with Gasteiger partial charge in [0.2, 0.25) is 0 Å². The van der Waals surface area contributed by atoms with Gasteiger partial charge in [0.25, 0.3) is 0 Å². The molecule has 0 fully saturated rings. The van der Waals surface area contributed by atoms with Crippen molar-refractivity contribution in [2.45, 2.75) is 37.8 Å². The van der Waals surface area contributed by atoms with Crippen molar-refractivity contribution in [1.29, 1.82) is 5.41 Å². The van der Waals surface area contributed by atoms with Crippen LogP contribution in [0.15, 0.2) is 24.3 Å². The first-order valence-corrected chi connectivity index (χ1v) is 7.19. The van der Waals surface area contributed by atoms with Crippen LogP contribution in [0.2, 0.25) is 0 Å². The molecule has 114 valence electrons. The summed E-state index contributed by atoms with van der Waals surface area (Å²) in [6, 6.07) is 7.24. The average Bonchev–Trinajstić information content (AvgIpc) is 2.50. The van der Waals surface area contributed by atoms with Gasteiger partial charge in [0.1, 0.15) is 5.75 Å². The molecule has 2 atom stereocenters. The summed E-state index contributed by atoms with van der Waals surface area (Å²) in [4.78, 5) is 12.3. The first-order valence-electron chi connectivity index (χ1n) is 7.19. The highest BCUT2D eigenvalue weighted by Gasteiger charge is 2.29. The van der Waals surface area contributed by atoms with Crippen LogP contribution in [0.25, 0.3) is 0 Å². The molecule has 0 spiro atoms. The van der Waals surface area contributed by atoms with Crippen LogP contribution < -0.4 is 21.5 Å². The Hall–Kier alpha value is -2.08. The van der Waals surface area contributed by atoms with Gasteiger partial charge in [-0.25, -0.2) is 0 Å². The number of guanidine groups is 1. The topological polar surface area (TPSA) is 114 Å². The van der Waals surface area contributed by atoms with E-state index in [1.165, 1.54) is 0 Å². The van der Waals surface area contributed by atoms with Crippen LogP contribution >= 0.6 is 0 Å². The fourth-order valence-corrected chi connectivity index (χ4v) is 2.45. The number of nitrogens with one attached hydrogen (secondary N) is 2. The van der Waals surface area contributed by atoms with Crippen LogP contribution in [0.3, 0.4) is 0 Å². The molecule has 1 aromatic carbocycles. The molecule has 1 unspecified atom stereocenters. The molecule has 1 heterocycles. The quantitative estimate of drug-likeness (QED) is 0.347. The van der Waals surface area contributed by atoms with E-state index in [0.29, 0.717) is 25.8 Å². The second-order valence-electron chi connectivity index (χ2n) is 5.24. The minimum absolute atomic E-state index is 0.0488. The molecule has 6 heteroatoms. The number of ketones is 1. The molecule has 0 aliphatic carbocycles. The molecule has 6 N–H and O–H groups in total. The highest BCUT2D eigenvalue weighted by Crippen LogP contribution is 2.27. The summed E-state index contributed by atoms with van der Waals surface area (Å²) >= 11 is 0. The normalized spacial score (nSPS) is 18.2. The summed E-state index contributed by atoms with van der Waals surface area (Å²) in [5, 5.41) is 9.74. The van der Waals surface area contributed by atoms with Crippen LogP contribution in [-0.4, -0.2) is 30.4 Å². The molecule has 0 saturated carbocycles. The van der Waals surface area contributed by atoms with Crippen molar-refractivity contribution in [3.8, 4) is 5.75 Å². The first kappa shape index (κ1) is 15.3. The zero-order valence-corrected chi connectivity index (χ0v) is 12.0. The van der Waals surface area contributed by atoms with Gasteiger partial charge < -0.3 is 21.5 Å². The molecule has 6 nitrogen and oxygen atoms in total. The number of fused-ring (bicyclic) bond motifs is 1. The van der Waals surface area contributed by atoms with E-state index in [1.54, 1.807) is 0 Å². The van der Waals surface area contributed by atoms with Crippen molar-refractivity contribution in [2.24, 2.45) is 11.5 Å². The van der Waals surface area contributed by atoms with Gasteiger partial charge in [-0.2, -0.15) is 0 Å². The standard InChI is InChI=1S/C15H22N4O2/c16-11(5-3-9-19-15(17)18)14(20)13-8-7-10-4-1-2-6-12(10)21-13/h1-2,4,6,11,13H,3,5,7-9,16H2,(H4,17,18,19)/t11-,13?/m0/s1. The summed E-state index contributed by atoms with van der Waals surface area (Å²) in [6.07, 6.45) is 2.31. The molecule has 0 aromatic heterocycles. The highest BCUT2D eigenvalue weighted by molar-refractivity contribution is 5.88. The van der Waals surface area contributed by atoms with E-state index in [9.17, 15) is 4.79 Å². The van der Waals surface area contributed by atoms with Crippen LogP contribution in [-0.2, 0) is 11.2 Å². The Morgan fingerprint density at radius 1 is 1.48 bits per heavy atom. The van der Waals surface area contributed by atoms with E-state index in [2.05, 4.69) is 5.32 Å². The van der Waals surface area contributed by atoms with Crippen LogP contribution in [0.4, 0.5) is 0 Å². The van der Waals surface area contributed by atoms with E-state index in [-0.39, 0.29) is 11.7 Å². The second-order valence-corrected chi connectivity index (χ2v) is 5.24. The van der Waals surface area contributed by atoms with Crippen molar-refractivity contribution < 1.29 is 9.53 Å². The number of hydrogen-bond donors (Lipinski definition) is 4. The number of carbonyl (C=O) groups excluding carboxylic acids is 1. The van der Waals surface area contributed by atoms with Crippen molar-refractivity contribution in [2.75, 3.05) is 6.54 Å². The summed E-state index contributed by atoms with van der Waals surface area (Å²) in [6.45, 7) is 0.546. The van der Waals surface area contributed by atoms with Gasteiger partial charge in [0, 0.05) is 6.54 Å². The van der Waals surface area contributed by atoms with Crippen molar-refractivity contribution >= 4 is 11.7 Å². The van der Waals surface area contributed by atoms with E-state index in [0.717, 1.165) is 17.7 Å². The Bertz CT molecular complexity index is 518. The number of nitrogens with two attached hydrogens (primary N) is 2. The maximum absolute atomic E-state index is 12.3. The lowest BCUT2D eigenvalue weighted by Gasteiger charge is -2.26. The zero-order chi connectivity index (χ0) is 15.2. The maximum atomic E-state index is 12.3. The third kappa shape index (κ3) is 4.19. The fourth-order valence-electron chi connectivity index (χ4n) is 2.45. The highest BCUT2D eigenvalue weighted by atomic mass is 16.5. The van der Waals surface area contributed by atoms with Crippen molar-refractivity contribution in [3.63, 3.8) is 0 Å². The lowest BCUT2D eigenvalue weighted by molar-refractivity contribution is -0.127. The third-order valence-electron chi connectivity index (χ3n) is 3.61. The lowest BCUT2D eigenvalue weighted by Crippen LogP contribution is -2.43. The van der Waals surface area contributed by atoms with Gasteiger partial charge >= 0.3 is 0 Å². The van der Waals surface area contributed by atoms with E-state index >= 15 is 0 Å². The molecule has 1 aliphatic heterocycles. The molecule has 0 radical (unpaired) electrons. The van der Waals surface area contributed by atoms with Gasteiger partial charge in [0.15, 0.2) is 17.8 Å². The fraction of sp³-hybridized carbons (Fsp3) is 0.467. The summed E-state index contributed by atoms with van der Waals surface area (Å²) in [5.74, 6) is 0.669. The van der Waals surface area contributed by atoms with Crippen LogP contribution in [0.1, 0.15) is 24.8 Å². The molecule has 1 aliphatic rings. The Morgan fingerprint density at radius 2 is 2.24 bits per heavy atom. The molecule has 0 amide bonds. The van der Waals surface area contributed by atoms with Gasteiger partial charge in [-0.15, -0.1) is 0 Å². The largest absolute Gasteiger partial charge is 0.482 e. The molecule has 1 aromatic rings. The molecular weight excluding hydrogens is 268 g/mol. The van der Waals surface area contributed by atoms with Crippen molar-refractivity contribution in [1.82, 2.24) is 5.32 Å². The summed E-state index contributed by atoms with van der Waals surface area (Å²) < 4.78 is 5.76. The van der Waals surface area contributed by atoms with Crippen LogP contribution in [0.5, 0.6) is 5.75 Å². The number of para-hydroxylation sites is 1. The lowest BCUT2D eigenvalue weighted by atomic mass is 9.95.